The molecule has 0 unspecified atom stereocenters. The van der Waals surface area contributed by atoms with Crippen molar-refractivity contribution in [2.24, 2.45) is 0 Å². The molecule has 0 aliphatic heterocycles. The number of rotatable bonds is 6. The summed E-state index contributed by atoms with van der Waals surface area (Å²) in [6.45, 7) is 24.9. The Hall–Kier alpha value is -0.820. The smallest absolute Gasteiger partial charge is 0.00490 e. The zero-order valence-electron chi connectivity index (χ0n) is 11.0. The molecular weight excluding hydrogens is 182 g/mol. The van der Waals surface area contributed by atoms with Gasteiger partial charge in [0, 0.05) is 0 Å². The van der Waals surface area contributed by atoms with Crippen LogP contribution in [0.25, 0.3) is 0 Å². The van der Waals surface area contributed by atoms with Gasteiger partial charge >= 0.3 is 0 Å². The first kappa shape index (κ1) is 23.8. The lowest BCUT2D eigenvalue weighted by Crippen LogP contribution is -2.15. The predicted molar refractivity (Wildman–Crippen MR) is 76.4 cm³/mol. The fourth-order valence-electron chi connectivity index (χ4n) is 0.729. The summed E-state index contributed by atoms with van der Waals surface area (Å²) in [4.78, 5) is 0. The Morgan fingerprint density at radius 2 is 0.933 bits per heavy atom. The monoisotopic (exact) mass is 213 g/mol. The largest absolute Gasteiger partial charge is 0.317 e. The average Bonchev–Trinajstić information content (AvgIpc) is 2.37. The Morgan fingerprint density at radius 1 is 0.667 bits per heavy atom. The SMILES string of the molecule is C=C.C=C.C=C.CCCCNCCCC. The Balaban J connectivity index is -0.0000000860. The molecule has 0 saturated carbocycles. The molecule has 0 aromatic carbocycles. The van der Waals surface area contributed by atoms with E-state index in [4.69, 9.17) is 0 Å². The Labute approximate surface area is 98.0 Å². The second-order valence-corrected chi connectivity index (χ2v) is 2.46. The van der Waals surface area contributed by atoms with Crippen LogP contribution in [-0.4, -0.2) is 13.1 Å². The highest BCUT2D eigenvalue weighted by atomic mass is 14.8. The number of nitrogens with one attached hydrogen (secondary N) is 1. The van der Waals surface area contributed by atoms with Crippen LogP contribution in [0, 0.1) is 0 Å². The van der Waals surface area contributed by atoms with Crippen molar-refractivity contribution in [1.29, 1.82) is 0 Å². The topological polar surface area (TPSA) is 12.0 Å². The summed E-state index contributed by atoms with van der Waals surface area (Å²) in [6.07, 6.45) is 5.26. The van der Waals surface area contributed by atoms with Crippen LogP contribution in [0.4, 0.5) is 0 Å². The van der Waals surface area contributed by atoms with Gasteiger partial charge in [-0.25, -0.2) is 0 Å². The molecule has 0 saturated heterocycles. The van der Waals surface area contributed by atoms with Gasteiger partial charge in [0.25, 0.3) is 0 Å². The fraction of sp³-hybridized carbons (Fsp3) is 0.571. The van der Waals surface area contributed by atoms with Crippen LogP contribution >= 0.6 is 0 Å². The van der Waals surface area contributed by atoms with Crippen LogP contribution in [-0.2, 0) is 0 Å². The third-order valence-electron chi connectivity index (χ3n) is 1.41. The molecule has 0 radical (unpaired) electrons. The van der Waals surface area contributed by atoms with E-state index in [9.17, 15) is 0 Å². The molecular formula is C14H31N. The van der Waals surface area contributed by atoms with Crippen molar-refractivity contribution in [3.63, 3.8) is 0 Å². The maximum absolute atomic E-state index is 3.39. The molecule has 0 aromatic heterocycles. The summed E-state index contributed by atoms with van der Waals surface area (Å²) in [5.74, 6) is 0. The van der Waals surface area contributed by atoms with Crippen LogP contribution in [0.2, 0.25) is 0 Å². The quantitative estimate of drug-likeness (QED) is 0.503. The van der Waals surface area contributed by atoms with Gasteiger partial charge < -0.3 is 5.32 Å². The van der Waals surface area contributed by atoms with Crippen LogP contribution < -0.4 is 5.32 Å². The summed E-state index contributed by atoms with van der Waals surface area (Å²) in [5.41, 5.74) is 0. The van der Waals surface area contributed by atoms with Crippen molar-refractivity contribution in [1.82, 2.24) is 5.32 Å². The number of hydrogen-bond acceptors (Lipinski definition) is 1. The van der Waals surface area contributed by atoms with Crippen molar-refractivity contribution in [3.05, 3.63) is 39.5 Å². The van der Waals surface area contributed by atoms with Gasteiger partial charge in [-0.05, 0) is 25.9 Å². The van der Waals surface area contributed by atoms with Crippen molar-refractivity contribution >= 4 is 0 Å². The van der Waals surface area contributed by atoms with Crippen molar-refractivity contribution < 1.29 is 0 Å². The summed E-state index contributed by atoms with van der Waals surface area (Å²) >= 11 is 0. The number of hydrogen-bond donors (Lipinski definition) is 1. The van der Waals surface area contributed by atoms with Gasteiger partial charge in [0.1, 0.15) is 0 Å². The van der Waals surface area contributed by atoms with Gasteiger partial charge in [-0.3, -0.25) is 0 Å². The van der Waals surface area contributed by atoms with E-state index in [0.29, 0.717) is 0 Å². The maximum atomic E-state index is 3.39. The van der Waals surface area contributed by atoms with E-state index in [-0.39, 0.29) is 0 Å². The third-order valence-corrected chi connectivity index (χ3v) is 1.41. The van der Waals surface area contributed by atoms with Gasteiger partial charge in [0.05, 0.1) is 0 Å². The van der Waals surface area contributed by atoms with Crippen LogP contribution in [0.1, 0.15) is 39.5 Å². The van der Waals surface area contributed by atoms with E-state index in [1.807, 2.05) is 0 Å². The molecule has 15 heavy (non-hydrogen) atoms. The molecule has 1 heteroatoms. The summed E-state index contributed by atoms with van der Waals surface area (Å²) in [6, 6.07) is 0. The van der Waals surface area contributed by atoms with Crippen molar-refractivity contribution in [3.8, 4) is 0 Å². The lowest BCUT2D eigenvalue weighted by molar-refractivity contribution is 0.611. The predicted octanol–water partition coefficient (Wildman–Crippen LogP) is 4.58. The minimum atomic E-state index is 1.20. The fourth-order valence-corrected chi connectivity index (χ4v) is 0.729. The first-order chi connectivity index (χ1) is 7.41. The standard InChI is InChI=1S/C8H19N.3C2H4/c1-3-5-7-9-8-6-4-2;3*1-2/h9H,3-8H2,1-2H3;3*1-2H2. The van der Waals surface area contributed by atoms with Crippen molar-refractivity contribution in [2.75, 3.05) is 13.1 Å². The minimum Gasteiger partial charge on any atom is -0.317 e. The highest BCUT2D eigenvalue weighted by Crippen LogP contribution is 1.85. The maximum Gasteiger partial charge on any atom is -0.00490 e. The minimum absolute atomic E-state index is 1.20. The van der Waals surface area contributed by atoms with Gasteiger partial charge in [-0.1, -0.05) is 26.7 Å². The molecule has 0 aliphatic rings. The van der Waals surface area contributed by atoms with E-state index in [1.165, 1.54) is 38.8 Å². The van der Waals surface area contributed by atoms with E-state index >= 15 is 0 Å². The van der Waals surface area contributed by atoms with Gasteiger partial charge in [-0.15, -0.1) is 39.5 Å². The molecule has 0 bridgehead atoms. The molecule has 1 N–H and O–H groups in total. The molecule has 0 aliphatic carbocycles. The molecule has 1 nitrogen and oxygen atoms in total. The normalized spacial score (nSPS) is 6.80. The van der Waals surface area contributed by atoms with Crippen LogP contribution in [0.3, 0.4) is 0 Å². The summed E-state index contributed by atoms with van der Waals surface area (Å²) < 4.78 is 0. The summed E-state index contributed by atoms with van der Waals surface area (Å²) in [5, 5.41) is 3.39. The lowest BCUT2D eigenvalue weighted by Gasteiger charge is -1.99. The molecule has 0 atom stereocenters. The highest BCUT2D eigenvalue weighted by Gasteiger charge is 1.83. The molecule has 0 aromatic rings. The lowest BCUT2D eigenvalue weighted by atomic mass is 10.3. The first-order valence-electron chi connectivity index (χ1n) is 5.62. The molecule has 92 valence electrons. The number of unbranched alkanes of at least 4 members (excludes halogenated alkanes) is 2. The van der Waals surface area contributed by atoms with E-state index in [2.05, 4.69) is 58.6 Å². The molecule has 0 rings (SSSR count). The third kappa shape index (κ3) is 61.4. The Morgan fingerprint density at radius 3 is 1.13 bits per heavy atom. The van der Waals surface area contributed by atoms with Gasteiger partial charge in [-0.2, -0.15) is 0 Å². The summed E-state index contributed by atoms with van der Waals surface area (Å²) in [7, 11) is 0. The second-order valence-electron chi connectivity index (χ2n) is 2.46. The molecule has 0 fully saturated rings. The Kier molecular flexibility index (Phi) is 81.1. The van der Waals surface area contributed by atoms with Crippen LogP contribution in [0.15, 0.2) is 39.5 Å². The first-order valence-corrected chi connectivity index (χ1v) is 5.62. The molecule has 0 heterocycles. The Bertz CT molecular complexity index is 61.0. The zero-order chi connectivity index (χ0) is 12.9. The molecule has 0 amide bonds. The van der Waals surface area contributed by atoms with Gasteiger partial charge in [0.15, 0.2) is 0 Å². The highest BCUT2D eigenvalue weighted by molar-refractivity contribution is 4.45. The zero-order valence-corrected chi connectivity index (χ0v) is 11.0. The van der Waals surface area contributed by atoms with Crippen LogP contribution in [0.5, 0.6) is 0 Å². The second kappa shape index (κ2) is 51.2. The van der Waals surface area contributed by atoms with E-state index < -0.39 is 0 Å². The van der Waals surface area contributed by atoms with E-state index in [1.54, 1.807) is 0 Å². The van der Waals surface area contributed by atoms with Gasteiger partial charge in [0.2, 0.25) is 0 Å². The molecule has 0 spiro atoms. The van der Waals surface area contributed by atoms with Crippen molar-refractivity contribution in [2.45, 2.75) is 39.5 Å². The average molecular weight is 213 g/mol. The van der Waals surface area contributed by atoms with E-state index in [0.717, 1.165) is 0 Å².